The first-order chi connectivity index (χ1) is 17.5. The molecule has 8 nitrogen and oxygen atoms in total. The topological polar surface area (TPSA) is 108 Å². The van der Waals surface area contributed by atoms with Crippen molar-refractivity contribution in [2.45, 2.75) is 44.1 Å². The van der Waals surface area contributed by atoms with Crippen molar-refractivity contribution in [3.05, 3.63) is 76.9 Å². The molecule has 2 aliphatic heterocycles. The quantitative estimate of drug-likeness (QED) is 0.543. The van der Waals surface area contributed by atoms with Crippen molar-refractivity contribution in [2.75, 3.05) is 26.4 Å². The van der Waals surface area contributed by atoms with Gasteiger partial charge in [0, 0.05) is 30.8 Å². The lowest BCUT2D eigenvalue weighted by Gasteiger charge is -2.41. The summed E-state index contributed by atoms with van der Waals surface area (Å²) in [5.74, 6) is -0.617. The molecule has 2 aromatic rings. The third-order valence-corrected chi connectivity index (χ3v) is 7.27. The standard InChI is InChI=1S/C28H32N2O6/c1-17-6-8-18(9-7-17)15-30(28(34)19-10-13-35-16-19)22-14-21(27(33)29-11-12-31)24-20-4-2-3-5-23(20)36-26(24)25(22)32/h2-9,14,19,22,24-26,31-32H,10-13,15-16H2,1H3,(H,29,33)/t19?,22-,24+,25+,26+/m1/s1. The first kappa shape index (κ1) is 24.5. The van der Waals surface area contributed by atoms with Gasteiger partial charge in [-0.15, -0.1) is 0 Å². The van der Waals surface area contributed by atoms with E-state index in [2.05, 4.69) is 5.32 Å². The fraction of sp³-hybridized carbons (Fsp3) is 0.429. The SMILES string of the molecule is Cc1ccc(CN(C(=O)C2CCOC2)[C@@H]2C=C(C(=O)NCCO)[C@@H]3c4ccccc4O[C@@H]3[C@H]2O)cc1. The average Bonchev–Trinajstić information content (AvgIpc) is 3.56. The van der Waals surface area contributed by atoms with E-state index in [-0.39, 0.29) is 37.4 Å². The Hall–Kier alpha value is -3.20. The Labute approximate surface area is 210 Å². The van der Waals surface area contributed by atoms with Crippen molar-refractivity contribution < 1.29 is 29.3 Å². The van der Waals surface area contributed by atoms with E-state index in [0.29, 0.717) is 31.0 Å². The second-order valence-electron chi connectivity index (χ2n) is 9.69. The number of fused-ring (bicyclic) bond motifs is 3. The number of hydrogen-bond acceptors (Lipinski definition) is 6. The lowest BCUT2D eigenvalue weighted by atomic mass is 9.77. The van der Waals surface area contributed by atoms with Crippen LogP contribution < -0.4 is 10.1 Å². The van der Waals surface area contributed by atoms with Crippen LogP contribution in [0.5, 0.6) is 5.75 Å². The Balaban J connectivity index is 1.55. The van der Waals surface area contributed by atoms with Crippen LogP contribution in [0.2, 0.25) is 0 Å². The van der Waals surface area contributed by atoms with E-state index < -0.39 is 24.2 Å². The van der Waals surface area contributed by atoms with Gasteiger partial charge in [-0.25, -0.2) is 0 Å². The molecule has 3 N–H and O–H groups in total. The van der Waals surface area contributed by atoms with Crippen molar-refractivity contribution >= 4 is 11.8 Å². The predicted molar refractivity (Wildman–Crippen MR) is 132 cm³/mol. The zero-order valence-corrected chi connectivity index (χ0v) is 20.3. The lowest BCUT2D eigenvalue weighted by molar-refractivity contribution is -0.142. The highest BCUT2D eigenvalue weighted by atomic mass is 16.5. The van der Waals surface area contributed by atoms with Gasteiger partial charge in [-0.3, -0.25) is 9.59 Å². The molecule has 36 heavy (non-hydrogen) atoms. The van der Waals surface area contributed by atoms with E-state index in [1.54, 1.807) is 11.0 Å². The normalized spacial score (nSPS) is 26.4. The molecule has 5 rings (SSSR count). The van der Waals surface area contributed by atoms with Crippen LogP contribution in [0.1, 0.15) is 29.0 Å². The Morgan fingerprint density at radius 1 is 1.14 bits per heavy atom. The molecular weight excluding hydrogens is 460 g/mol. The van der Waals surface area contributed by atoms with Crippen LogP contribution in [0.3, 0.4) is 0 Å². The Morgan fingerprint density at radius 2 is 1.92 bits per heavy atom. The lowest BCUT2D eigenvalue weighted by Crippen LogP contribution is -2.56. The van der Waals surface area contributed by atoms with Gasteiger partial charge in [0.1, 0.15) is 18.0 Å². The van der Waals surface area contributed by atoms with Gasteiger partial charge in [-0.2, -0.15) is 0 Å². The summed E-state index contributed by atoms with van der Waals surface area (Å²) in [4.78, 5) is 28.7. The zero-order valence-electron chi connectivity index (χ0n) is 20.3. The summed E-state index contributed by atoms with van der Waals surface area (Å²) < 4.78 is 11.7. The van der Waals surface area contributed by atoms with Gasteiger partial charge in [0.15, 0.2) is 0 Å². The molecule has 0 radical (unpaired) electrons. The number of amides is 2. The predicted octanol–water partition coefficient (Wildman–Crippen LogP) is 1.68. The Bertz CT molecular complexity index is 1140. The number of nitrogens with one attached hydrogen (secondary N) is 1. The van der Waals surface area contributed by atoms with Crippen molar-refractivity contribution in [1.29, 1.82) is 0 Å². The minimum absolute atomic E-state index is 0.106. The number of benzene rings is 2. The molecule has 0 aromatic heterocycles. The summed E-state index contributed by atoms with van der Waals surface area (Å²) in [7, 11) is 0. The molecule has 8 heteroatoms. The van der Waals surface area contributed by atoms with E-state index in [9.17, 15) is 19.8 Å². The average molecular weight is 493 g/mol. The van der Waals surface area contributed by atoms with Crippen LogP contribution >= 0.6 is 0 Å². The number of para-hydroxylation sites is 1. The highest BCUT2D eigenvalue weighted by molar-refractivity contribution is 5.96. The van der Waals surface area contributed by atoms with Gasteiger partial charge in [0.2, 0.25) is 11.8 Å². The van der Waals surface area contributed by atoms with Gasteiger partial charge < -0.3 is 29.9 Å². The monoisotopic (exact) mass is 492 g/mol. The highest BCUT2D eigenvalue weighted by Gasteiger charge is 2.50. The first-order valence-electron chi connectivity index (χ1n) is 12.5. The molecule has 0 spiro atoms. The van der Waals surface area contributed by atoms with Gasteiger partial charge in [0.05, 0.1) is 31.1 Å². The number of rotatable bonds is 7. The molecule has 5 atom stereocenters. The summed E-state index contributed by atoms with van der Waals surface area (Å²) >= 11 is 0. The smallest absolute Gasteiger partial charge is 0.247 e. The number of carbonyl (C=O) groups excluding carboxylic acids is 2. The van der Waals surface area contributed by atoms with Gasteiger partial charge in [0.25, 0.3) is 0 Å². The minimum atomic E-state index is -1.05. The number of carbonyl (C=O) groups is 2. The number of aryl methyl sites for hydroxylation is 1. The largest absolute Gasteiger partial charge is 0.486 e. The van der Waals surface area contributed by atoms with Crippen LogP contribution in [0, 0.1) is 12.8 Å². The van der Waals surface area contributed by atoms with E-state index in [0.717, 1.165) is 16.7 Å². The molecule has 2 heterocycles. The Kier molecular flexibility index (Phi) is 7.09. The molecule has 1 fully saturated rings. The van der Waals surface area contributed by atoms with Crippen LogP contribution in [0.15, 0.2) is 60.2 Å². The van der Waals surface area contributed by atoms with Crippen LogP contribution in [-0.4, -0.2) is 71.5 Å². The third kappa shape index (κ3) is 4.64. The fourth-order valence-electron chi connectivity index (χ4n) is 5.38. The minimum Gasteiger partial charge on any atom is -0.486 e. The molecular formula is C28H32N2O6. The maximum atomic E-state index is 13.8. The highest BCUT2D eigenvalue weighted by Crippen LogP contribution is 2.47. The molecule has 0 bridgehead atoms. The number of ether oxygens (including phenoxy) is 2. The van der Waals surface area contributed by atoms with E-state index in [4.69, 9.17) is 9.47 Å². The van der Waals surface area contributed by atoms with Crippen LogP contribution in [0.4, 0.5) is 0 Å². The number of hydrogen-bond donors (Lipinski definition) is 3. The van der Waals surface area contributed by atoms with Crippen LogP contribution in [-0.2, 0) is 20.9 Å². The van der Waals surface area contributed by atoms with Crippen LogP contribution in [0.25, 0.3) is 0 Å². The number of nitrogens with zero attached hydrogens (tertiary/aromatic N) is 1. The number of aliphatic hydroxyl groups excluding tert-OH is 2. The maximum absolute atomic E-state index is 13.8. The molecule has 2 amide bonds. The van der Waals surface area contributed by atoms with E-state index >= 15 is 0 Å². The van der Waals surface area contributed by atoms with Crippen molar-refractivity contribution in [1.82, 2.24) is 10.2 Å². The Morgan fingerprint density at radius 3 is 2.64 bits per heavy atom. The van der Waals surface area contributed by atoms with Gasteiger partial charge in [-0.05, 0) is 31.1 Å². The summed E-state index contributed by atoms with van der Waals surface area (Å²) in [6.45, 7) is 3.07. The molecule has 190 valence electrons. The summed E-state index contributed by atoms with van der Waals surface area (Å²) in [6, 6.07) is 14.6. The number of aliphatic hydroxyl groups is 2. The molecule has 0 saturated carbocycles. The second-order valence-corrected chi connectivity index (χ2v) is 9.69. The molecule has 2 aromatic carbocycles. The van der Waals surface area contributed by atoms with Crippen molar-refractivity contribution in [3.63, 3.8) is 0 Å². The van der Waals surface area contributed by atoms with Gasteiger partial charge in [-0.1, -0.05) is 48.0 Å². The first-order valence-corrected chi connectivity index (χ1v) is 12.5. The maximum Gasteiger partial charge on any atom is 0.247 e. The summed E-state index contributed by atoms with van der Waals surface area (Å²) in [6.07, 6.45) is 0.563. The fourth-order valence-corrected chi connectivity index (χ4v) is 5.38. The summed E-state index contributed by atoms with van der Waals surface area (Å²) in [5.41, 5.74) is 3.29. The summed E-state index contributed by atoms with van der Waals surface area (Å²) in [5, 5.41) is 23.6. The zero-order chi connectivity index (χ0) is 25.2. The second kappa shape index (κ2) is 10.4. The molecule has 1 unspecified atom stereocenters. The van der Waals surface area contributed by atoms with Crippen molar-refractivity contribution in [2.24, 2.45) is 5.92 Å². The molecule has 1 aliphatic carbocycles. The van der Waals surface area contributed by atoms with Crippen molar-refractivity contribution in [3.8, 4) is 5.75 Å². The molecule has 3 aliphatic rings. The van der Waals surface area contributed by atoms with Gasteiger partial charge >= 0.3 is 0 Å². The van der Waals surface area contributed by atoms with E-state index in [1.807, 2.05) is 55.5 Å². The van der Waals surface area contributed by atoms with E-state index in [1.165, 1.54) is 0 Å². The third-order valence-electron chi connectivity index (χ3n) is 7.27. The molecule has 1 saturated heterocycles.